The van der Waals surface area contributed by atoms with Crippen molar-refractivity contribution in [2.24, 2.45) is 0 Å². The van der Waals surface area contributed by atoms with E-state index in [1.54, 1.807) is 18.2 Å². The van der Waals surface area contributed by atoms with Crippen LogP contribution in [0.4, 0.5) is 16.2 Å². The summed E-state index contributed by atoms with van der Waals surface area (Å²) >= 11 is 5.91. The lowest BCUT2D eigenvalue weighted by Crippen LogP contribution is -2.30. The van der Waals surface area contributed by atoms with Crippen molar-refractivity contribution in [2.45, 2.75) is 32.4 Å². The molecular weight excluding hydrogens is 452 g/mol. The van der Waals surface area contributed by atoms with Gasteiger partial charge in [-0.15, -0.1) is 0 Å². The van der Waals surface area contributed by atoms with Crippen molar-refractivity contribution in [3.63, 3.8) is 0 Å². The minimum Gasteiger partial charge on any atom is -0.448 e. The number of hydrogen-bond acceptors (Lipinski definition) is 6. The molecule has 0 aliphatic heterocycles. The van der Waals surface area contributed by atoms with Gasteiger partial charge < -0.3 is 9.64 Å². The second-order valence-electron chi connectivity index (χ2n) is 7.30. The van der Waals surface area contributed by atoms with Crippen molar-refractivity contribution < 1.29 is 22.7 Å². The normalized spacial score (nSPS) is 12.2. The van der Waals surface area contributed by atoms with E-state index in [4.69, 9.17) is 16.3 Å². The van der Waals surface area contributed by atoms with Gasteiger partial charge in [0.25, 0.3) is 0 Å². The Bertz CT molecular complexity index is 1030. The summed E-state index contributed by atoms with van der Waals surface area (Å²) in [6.07, 6.45) is -0.775. The maximum absolute atomic E-state index is 12.4. The fraction of sp³-hybridized carbons (Fsp3) is 0.391. The molecule has 0 aromatic heterocycles. The predicted octanol–water partition coefficient (Wildman–Crippen LogP) is 4.56. The van der Waals surface area contributed by atoms with Crippen LogP contribution in [0, 0.1) is 13.8 Å². The van der Waals surface area contributed by atoms with E-state index in [9.17, 15) is 18.0 Å². The molecule has 0 saturated carbocycles. The van der Waals surface area contributed by atoms with Crippen molar-refractivity contribution >= 4 is 44.7 Å². The highest BCUT2D eigenvalue weighted by Crippen LogP contribution is 2.27. The largest absolute Gasteiger partial charge is 0.448 e. The molecule has 0 aliphatic carbocycles. The zero-order valence-electron chi connectivity index (χ0n) is 18.7. The Labute approximate surface area is 194 Å². The van der Waals surface area contributed by atoms with Gasteiger partial charge in [0, 0.05) is 30.0 Å². The molecule has 0 fully saturated rings. The van der Waals surface area contributed by atoms with E-state index < -0.39 is 38.8 Å². The number of halogens is 1. The third-order valence-corrected chi connectivity index (χ3v) is 7.65. The number of carbonyl (C=O) groups excluding carboxylic acids is 2. The van der Waals surface area contributed by atoms with Crippen LogP contribution in [0.5, 0.6) is 0 Å². The lowest BCUT2D eigenvalue weighted by atomic mass is 10.1. The summed E-state index contributed by atoms with van der Waals surface area (Å²) in [5.74, 6) is -1.28. The Morgan fingerprint density at radius 3 is 2.16 bits per heavy atom. The maximum atomic E-state index is 12.4. The maximum Gasteiger partial charge on any atom is 0.411 e. The highest BCUT2D eigenvalue weighted by atomic mass is 35.5. The molecule has 1 amide bonds. The van der Waals surface area contributed by atoms with Crippen LogP contribution in [0.25, 0.3) is 0 Å². The molecule has 174 valence electrons. The van der Waals surface area contributed by atoms with Gasteiger partial charge in [0.15, 0.2) is 20.3 Å². The molecule has 0 heterocycles. The quantitative estimate of drug-likeness (QED) is 0.396. The summed E-state index contributed by atoms with van der Waals surface area (Å²) < 4.78 is 28.1. The van der Waals surface area contributed by atoms with Crippen LogP contribution in [0.3, 0.4) is 0 Å². The smallest absolute Gasteiger partial charge is 0.411 e. The molecule has 1 unspecified atom stereocenters. The Morgan fingerprint density at radius 1 is 1.06 bits per heavy atom. The van der Waals surface area contributed by atoms with Gasteiger partial charge in [0.05, 0.1) is 5.75 Å². The van der Waals surface area contributed by atoms with Crippen LogP contribution < -0.4 is 10.2 Å². The van der Waals surface area contributed by atoms with E-state index in [2.05, 4.69) is 24.1 Å². The molecule has 0 aliphatic rings. The van der Waals surface area contributed by atoms with Crippen LogP contribution in [-0.2, 0) is 14.6 Å². The number of alkyl halides is 1. The van der Waals surface area contributed by atoms with Gasteiger partial charge in [-0.05, 0) is 51.0 Å². The number of Topliss-reactive ketones (excluding diaryl/α,β-unsaturated/α-hetero) is 1. The molecule has 2 rings (SSSR count). The molecule has 9 heteroatoms. The second kappa shape index (κ2) is 11.3. The number of ether oxygens (including phenoxy) is 1. The van der Waals surface area contributed by atoms with Gasteiger partial charge in [-0.2, -0.15) is 0 Å². The summed E-state index contributed by atoms with van der Waals surface area (Å²) in [6.45, 7) is 9.23. The minimum absolute atomic E-state index is 0.203. The zero-order valence-corrected chi connectivity index (χ0v) is 20.3. The van der Waals surface area contributed by atoms with Gasteiger partial charge in [0.1, 0.15) is 6.61 Å². The molecule has 2 aromatic carbocycles. The van der Waals surface area contributed by atoms with Gasteiger partial charge in [0.2, 0.25) is 0 Å². The number of carbonyl (C=O) groups is 2. The number of anilines is 2. The topological polar surface area (TPSA) is 92.8 Å². The third kappa shape index (κ3) is 6.46. The van der Waals surface area contributed by atoms with Crippen LogP contribution in [-0.4, -0.2) is 50.5 Å². The standard InChI is InChI=1S/C23H29ClN2O5S/c1-5-26(6-2)19-14-16(3)20(17(4)15-19)25-23(28)31-12-13-32(29,30)22(24)21(27)18-10-8-7-9-11-18/h7-11,14-15,22H,5-6,12-13H2,1-4H3,(H,25,28). The van der Waals surface area contributed by atoms with Crippen LogP contribution in [0.2, 0.25) is 0 Å². The molecule has 7 nitrogen and oxygen atoms in total. The Kier molecular flexibility index (Phi) is 9.09. The lowest BCUT2D eigenvalue weighted by Gasteiger charge is -2.23. The summed E-state index contributed by atoms with van der Waals surface area (Å²) in [4.78, 5) is 26.7. The van der Waals surface area contributed by atoms with Gasteiger partial charge in [-0.1, -0.05) is 41.9 Å². The van der Waals surface area contributed by atoms with Crippen molar-refractivity contribution in [3.8, 4) is 0 Å². The van der Waals surface area contributed by atoms with Crippen molar-refractivity contribution in [3.05, 3.63) is 59.2 Å². The van der Waals surface area contributed by atoms with Crippen molar-refractivity contribution in [1.82, 2.24) is 0 Å². The number of sulfone groups is 1. The molecule has 0 spiro atoms. The Balaban J connectivity index is 1.96. The van der Waals surface area contributed by atoms with E-state index in [0.717, 1.165) is 29.9 Å². The van der Waals surface area contributed by atoms with E-state index in [-0.39, 0.29) is 5.56 Å². The number of rotatable bonds is 10. The summed E-state index contributed by atoms with van der Waals surface area (Å²) in [5, 5.41) is 2.67. The SMILES string of the molecule is CCN(CC)c1cc(C)c(NC(=O)OCCS(=O)(=O)C(Cl)C(=O)c2ccccc2)c(C)c1. The van der Waals surface area contributed by atoms with Crippen LogP contribution >= 0.6 is 11.6 Å². The summed E-state index contributed by atoms with van der Waals surface area (Å²) in [7, 11) is -4.01. The molecular formula is C23H29ClN2O5S. The second-order valence-corrected chi connectivity index (χ2v) is 10.2. The molecule has 0 radical (unpaired) electrons. The third-order valence-electron chi connectivity index (χ3n) is 5.05. The number of amides is 1. The van der Waals surface area contributed by atoms with Crippen LogP contribution in [0.15, 0.2) is 42.5 Å². The first-order chi connectivity index (χ1) is 15.1. The van der Waals surface area contributed by atoms with E-state index in [1.165, 1.54) is 12.1 Å². The van der Waals surface area contributed by atoms with Crippen molar-refractivity contribution in [1.29, 1.82) is 0 Å². The van der Waals surface area contributed by atoms with E-state index >= 15 is 0 Å². The fourth-order valence-electron chi connectivity index (χ4n) is 3.30. The number of hydrogen-bond donors (Lipinski definition) is 1. The average molecular weight is 481 g/mol. The van der Waals surface area contributed by atoms with Gasteiger partial charge in [-0.25, -0.2) is 13.2 Å². The first kappa shape index (κ1) is 25.7. The Morgan fingerprint density at radius 2 is 1.62 bits per heavy atom. The van der Waals surface area contributed by atoms with Crippen molar-refractivity contribution in [2.75, 3.05) is 35.7 Å². The highest BCUT2D eigenvalue weighted by molar-refractivity contribution is 7.94. The van der Waals surface area contributed by atoms with Gasteiger partial charge in [-0.3, -0.25) is 10.1 Å². The van der Waals surface area contributed by atoms with E-state index in [0.29, 0.717) is 5.69 Å². The zero-order chi connectivity index (χ0) is 23.9. The number of benzene rings is 2. The Hall–Kier alpha value is -2.58. The van der Waals surface area contributed by atoms with Gasteiger partial charge >= 0.3 is 6.09 Å². The highest BCUT2D eigenvalue weighted by Gasteiger charge is 2.31. The molecule has 32 heavy (non-hydrogen) atoms. The number of nitrogens with zero attached hydrogens (tertiary/aromatic N) is 1. The first-order valence-electron chi connectivity index (χ1n) is 10.4. The predicted molar refractivity (Wildman–Crippen MR) is 129 cm³/mol. The summed E-state index contributed by atoms with van der Waals surface area (Å²) in [5.41, 5.74) is 3.61. The summed E-state index contributed by atoms with van der Waals surface area (Å²) in [6, 6.07) is 11.9. The molecule has 1 atom stereocenters. The number of aryl methyl sites for hydroxylation is 2. The first-order valence-corrected chi connectivity index (χ1v) is 12.5. The minimum atomic E-state index is -4.01. The molecule has 2 aromatic rings. The van der Waals surface area contributed by atoms with E-state index in [1.807, 2.05) is 26.0 Å². The number of ketones is 1. The monoisotopic (exact) mass is 480 g/mol. The molecule has 0 saturated heterocycles. The molecule has 0 bridgehead atoms. The number of nitrogens with one attached hydrogen (secondary N) is 1. The lowest BCUT2D eigenvalue weighted by molar-refractivity contribution is 0.101. The fourth-order valence-corrected chi connectivity index (χ4v) is 4.68. The molecule has 1 N–H and O–H groups in total. The van der Waals surface area contributed by atoms with Crippen LogP contribution in [0.1, 0.15) is 35.3 Å². The average Bonchev–Trinajstić information content (AvgIpc) is 2.76.